The molecule has 0 fully saturated rings. The normalized spacial score (nSPS) is 16.0. The van der Waals surface area contributed by atoms with Crippen LogP contribution in [0.25, 0.3) is 21.7 Å². The first kappa shape index (κ1) is 17.8. The molecule has 146 valence electrons. The van der Waals surface area contributed by atoms with Gasteiger partial charge in [-0.25, -0.2) is 0 Å². The van der Waals surface area contributed by atoms with Crippen LogP contribution in [-0.4, -0.2) is 30.9 Å². The molecule has 1 aliphatic carbocycles. The molecule has 1 aromatic heterocycles. The van der Waals surface area contributed by atoms with Gasteiger partial charge in [0.25, 0.3) is 5.91 Å². The van der Waals surface area contributed by atoms with Crippen molar-refractivity contribution in [1.29, 1.82) is 0 Å². The Bertz CT molecular complexity index is 1220. The van der Waals surface area contributed by atoms with E-state index in [-0.39, 0.29) is 5.91 Å². The first-order chi connectivity index (χ1) is 14.1. The highest BCUT2D eigenvalue weighted by Gasteiger charge is 2.25. The molecule has 29 heavy (non-hydrogen) atoms. The molecule has 1 unspecified atom stereocenters. The van der Waals surface area contributed by atoms with Crippen molar-refractivity contribution in [3.8, 4) is 0 Å². The lowest BCUT2D eigenvalue weighted by Crippen LogP contribution is -2.27. The molecule has 0 bridgehead atoms. The summed E-state index contributed by atoms with van der Waals surface area (Å²) in [6.07, 6.45) is 2.83. The lowest BCUT2D eigenvalue weighted by Gasteiger charge is -2.24. The Morgan fingerprint density at radius 3 is 2.72 bits per heavy atom. The Labute approximate surface area is 170 Å². The summed E-state index contributed by atoms with van der Waals surface area (Å²) < 4.78 is 6.10. The number of aryl methyl sites for hydroxylation is 1. The molecule has 1 atom stereocenters. The Balaban J connectivity index is 1.47. The molecule has 1 aliphatic rings. The summed E-state index contributed by atoms with van der Waals surface area (Å²) in [5, 5.41) is 7.32. The van der Waals surface area contributed by atoms with Crippen LogP contribution in [0.3, 0.4) is 0 Å². The fourth-order valence-corrected chi connectivity index (χ4v) is 4.36. The molecule has 0 radical (unpaired) electrons. The Kier molecular flexibility index (Phi) is 4.27. The maximum absolute atomic E-state index is 12.4. The maximum Gasteiger partial charge on any atom is 0.253 e. The number of benzene rings is 3. The highest BCUT2D eigenvalue weighted by Crippen LogP contribution is 2.34. The topological polar surface area (TPSA) is 45.5 Å². The van der Waals surface area contributed by atoms with E-state index in [1.54, 1.807) is 19.0 Å². The van der Waals surface area contributed by atoms with Crippen LogP contribution in [0.5, 0.6) is 0 Å². The number of carbonyl (C=O) groups is 1. The van der Waals surface area contributed by atoms with Gasteiger partial charge in [0.2, 0.25) is 0 Å². The first-order valence-electron chi connectivity index (χ1n) is 10.1. The van der Waals surface area contributed by atoms with E-state index in [1.165, 1.54) is 22.0 Å². The summed E-state index contributed by atoms with van der Waals surface area (Å²) in [7, 11) is 3.56. The number of rotatable bonds is 3. The summed E-state index contributed by atoms with van der Waals surface area (Å²) in [6, 6.07) is 21.0. The Morgan fingerprint density at radius 1 is 1.03 bits per heavy atom. The van der Waals surface area contributed by atoms with Crippen LogP contribution in [0.1, 0.15) is 28.1 Å². The van der Waals surface area contributed by atoms with Gasteiger partial charge in [-0.15, -0.1) is 0 Å². The number of nitrogens with one attached hydrogen (secondary N) is 1. The zero-order valence-corrected chi connectivity index (χ0v) is 16.7. The van der Waals surface area contributed by atoms with Crippen LogP contribution >= 0.6 is 0 Å². The standard InChI is InChI=1S/C25H24N2O2/c1-27(2)25(28)17-10-12-23-20(14-17)21-15-18(11-13-24(21)29-23)26-22-9-5-7-16-6-3-4-8-19(16)22/h3-10,12,14,18,26H,11,13,15H2,1-2H3. The van der Waals surface area contributed by atoms with E-state index in [4.69, 9.17) is 4.42 Å². The minimum atomic E-state index is 0.0167. The van der Waals surface area contributed by atoms with Crippen molar-refractivity contribution in [2.75, 3.05) is 19.4 Å². The highest BCUT2D eigenvalue weighted by molar-refractivity contribution is 5.98. The van der Waals surface area contributed by atoms with Crippen LogP contribution < -0.4 is 5.32 Å². The van der Waals surface area contributed by atoms with Crippen molar-refractivity contribution in [2.45, 2.75) is 25.3 Å². The molecule has 0 aliphatic heterocycles. The number of nitrogens with zero attached hydrogens (tertiary/aromatic N) is 1. The first-order valence-corrected chi connectivity index (χ1v) is 10.1. The monoisotopic (exact) mass is 384 g/mol. The fourth-order valence-electron chi connectivity index (χ4n) is 4.36. The van der Waals surface area contributed by atoms with Crippen LogP contribution in [0.2, 0.25) is 0 Å². The molecule has 0 saturated heterocycles. The second-order valence-electron chi connectivity index (χ2n) is 8.03. The van der Waals surface area contributed by atoms with Crippen molar-refractivity contribution in [3.63, 3.8) is 0 Å². The van der Waals surface area contributed by atoms with Crippen molar-refractivity contribution in [3.05, 3.63) is 77.6 Å². The molecule has 5 rings (SSSR count). The third-order valence-corrected chi connectivity index (χ3v) is 5.85. The highest BCUT2D eigenvalue weighted by atomic mass is 16.3. The van der Waals surface area contributed by atoms with Crippen LogP contribution in [0.15, 0.2) is 65.1 Å². The van der Waals surface area contributed by atoms with Crippen molar-refractivity contribution in [1.82, 2.24) is 4.90 Å². The third-order valence-electron chi connectivity index (χ3n) is 5.85. The number of furan rings is 1. The zero-order chi connectivity index (χ0) is 20.0. The van der Waals surface area contributed by atoms with Gasteiger partial charge in [-0.2, -0.15) is 0 Å². The molecule has 1 heterocycles. The molecule has 4 aromatic rings. The third kappa shape index (κ3) is 3.15. The number of hydrogen-bond acceptors (Lipinski definition) is 3. The predicted octanol–water partition coefficient (Wildman–Crippen LogP) is 5.26. The van der Waals surface area contributed by atoms with Gasteiger partial charge in [0.05, 0.1) is 0 Å². The largest absolute Gasteiger partial charge is 0.461 e. The smallest absolute Gasteiger partial charge is 0.253 e. The van der Waals surface area contributed by atoms with Crippen molar-refractivity contribution in [2.24, 2.45) is 0 Å². The number of carbonyl (C=O) groups excluding carboxylic acids is 1. The summed E-state index contributed by atoms with van der Waals surface area (Å²) in [6.45, 7) is 0. The number of fused-ring (bicyclic) bond motifs is 4. The molecule has 4 heteroatoms. The molecule has 0 spiro atoms. The average Bonchev–Trinajstić information content (AvgIpc) is 3.10. The quantitative estimate of drug-likeness (QED) is 0.524. The van der Waals surface area contributed by atoms with E-state index in [9.17, 15) is 4.79 Å². The van der Waals surface area contributed by atoms with Crippen molar-refractivity contribution < 1.29 is 9.21 Å². The maximum atomic E-state index is 12.4. The van der Waals surface area contributed by atoms with E-state index >= 15 is 0 Å². The van der Waals surface area contributed by atoms with E-state index in [2.05, 4.69) is 47.8 Å². The summed E-state index contributed by atoms with van der Waals surface area (Å²) in [5.74, 6) is 1.08. The number of anilines is 1. The fraction of sp³-hybridized carbons (Fsp3) is 0.240. The summed E-state index contributed by atoms with van der Waals surface area (Å²) in [4.78, 5) is 14.0. The van der Waals surface area contributed by atoms with E-state index in [0.29, 0.717) is 11.6 Å². The number of hydrogen-bond donors (Lipinski definition) is 1. The summed E-state index contributed by atoms with van der Waals surface area (Å²) >= 11 is 0. The molecule has 0 saturated carbocycles. The lowest BCUT2D eigenvalue weighted by molar-refractivity contribution is 0.0828. The lowest BCUT2D eigenvalue weighted by atomic mass is 9.91. The second kappa shape index (κ2) is 6.96. The second-order valence-corrected chi connectivity index (χ2v) is 8.03. The van der Waals surface area contributed by atoms with Gasteiger partial charge in [0.1, 0.15) is 11.3 Å². The van der Waals surface area contributed by atoms with E-state index in [0.717, 1.165) is 36.0 Å². The van der Waals surface area contributed by atoms with Gasteiger partial charge >= 0.3 is 0 Å². The van der Waals surface area contributed by atoms with Crippen LogP contribution in [0, 0.1) is 0 Å². The Morgan fingerprint density at radius 2 is 1.86 bits per heavy atom. The van der Waals surface area contributed by atoms with Crippen LogP contribution in [0.4, 0.5) is 5.69 Å². The molecular weight excluding hydrogens is 360 g/mol. The predicted molar refractivity (Wildman–Crippen MR) is 118 cm³/mol. The molecular formula is C25H24N2O2. The van der Waals surface area contributed by atoms with Gasteiger partial charge in [-0.05, 0) is 42.5 Å². The van der Waals surface area contributed by atoms with Crippen molar-refractivity contribution >= 4 is 33.3 Å². The van der Waals surface area contributed by atoms with Gasteiger partial charge in [0.15, 0.2) is 0 Å². The summed E-state index contributed by atoms with van der Waals surface area (Å²) in [5.41, 5.74) is 3.98. The van der Waals surface area contributed by atoms with E-state index in [1.807, 2.05) is 18.2 Å². The molecule has 1 N–H and O–H groups in total. The number of amides is 1. The Hall–Kier alpha value is -3.27. The van der Waals surface area contributed by atoms with Gasteiger partial charge in [-0.1, -0.05) is 36.4 Å². The minimum absolute atomic E-state index is 0.0167. The minimum Gasteiger partial charge on any atom is -0.461 e. The zero-order valence-electron chi connectivity index (χ0n) is 16.7. The SMILES string of the molecule is CN(C)C(=O)c1ccc2oc3c(c2c1)CC(Nc1cccc2ccccc12)CC3. The molecule has 4 nitrogen and oxygen atoms in total. The van der Waals surface area contributed by atoms with Gasteiger partial charge in [-0.3, -0.25) is 4.79 Å². The average molecular weight is 384 g/mol. The van der Waals surface area contributed by atoms with Crippen LogP contribution in [-0.2, 0) is 12.8 Å². The van der Waals surface area contributed by atoms with E-state index < -0.39 is 0 Å². The molecule has 3 aromatic carbocycles. The van der Waals surface area contributed by atoms with Gasteiger partial charge < -0.3 is 14.6 Å². The molecule has 1 amide bonds. The van der Waals surface area contributed by atoms with Gasteiger partial charge in [0, 0.05) is 54.1 Å².